The molecule has 0 aliphatic carbocycles. The number of halogens is 1. The monoisotopic (exact) mass is 241 g/mol. The predicted octanol–water partition coefficient (Wildman–Crippen LogP) is -0.421. The second kappa shape index (κ2) is 3.34. The highest BCUT2D eigenvalue weighted by Gasteiger charge is 2.12. The summed E-state index contributed by atoms with van der Waals surface area (Å²) < 4.78 is 2.05. The molecule has 0 amide bonds. The molecule has 0 unspecified atom stereocenters. The molecule has 0 atom stereocenters. The highest BCUT2D eigenvalue weighted by molar-refractivity contribution is 6.29. The van der Waals surface area contributed by atoms with E-state index in [1.54, 1.807) is 0 Å². The summed E-state index contributed by atoms with van der Waals surface area (Å²) in [5.74, 6) is 0. The van der Waals surface area contributed by atoms with Crippen molar-refractivity contribution in [3.63, 3.8) is 0 Å². The first-order valence-corrected chi connectivity index (χ1v) is 4.80. The molecule has 0 aliphatic rings. The Bertz CT molecular complexity index is 753. The van der Waals surface area contributed by atoms with Crippen molar-refractivity contribution >= 4 is 22.6 Å². The van der Waals surface area contributed by atoms with E-state index in [-0.39, 0.29) is 16.2 Å². The van der Waals surface area contributed by atoms with Gasteiger partial charge in [-0.3, -0.25) is 18.7 Å². The molecule has 84 valence electrons. The van der Waals surface area contributed by atoms with Gasteiger partial charge in [0, 0.05) is 20.2 Å². The molecule has 0 fully saturated rings. The van der Waals surface area contributed by atoms with Crippen LogP contribution in [0.1, 0.15) is 0 Å². The second-order valence-corrected chi connectivity index (χ2v) is 3.82. The molecule has 7 heteroatoms. The number of hydrogen-bond acceptors (Lipinski definition) is 3. The Morgan fingerprint density at radius 1 is 1.19 bits per heavy atom. The van der Waals surface area contributed by atoms with Crippen LogP contribution in [0.3, 0.4) is 0 Å². The Balaban J connectivity index is 3.29. The summed E-state index contributed by atoms with van der Waals surface area (Å²) >= 11 is 5.66. The van der Waals surface area contributed by atoms with Gasteiger partial charge in [-0.05, 0) is 0 Å². The fraction of sp³-hybridized carbons (Fsp3) is 0.222. The summed E-state index contributed by atoms with van der Waals surface area (Å²) in [4.78, 5) is 37.5. The van der Waals surface area contributed by atoms with Crippen LogP contribution in [-0.4, -0.2) is 14.1 Å². The molecule has 0 saturated heterocycles. The molecule has 0 aliphatic heterocycles. The topological polar surface area (TPSA) is 76.9 Å². The highest BCUT2D eigenvalue weighted by atomic mass is 35.5. The standard InChI is InChI=1S/C9H8ClN3O3/c1-12-7-6(4(14)3-5(10)11-7)8(15)13(2)9(12)16/h3H,1-2H3,(H,11,14). The number of H-pyrrole nitrogens is 1. The normalized spacial score (nSPS) is 10.9. The fourth-order valence-corrected chi connectivity index (χ4v) is 1.74. The number of nitrogens with one attached hydrogen (secondary N) is 1. The van der Waals surface area contributed by atoms with E-state index >= 15 is 0 Å². The number of aromatic amines is 1. The SMILES string of the molecule is Cn1c(=O)c2c(=O)cc(Cl)[nH]c2n(C)c1=O. The Morgan fingerprint density at radius 3 is 2.44 bits per heavy atom. The second-order valence-electron chi connectivity index (χ2n) is 3.41. The van der Waals surface area contributed by atoms with Crippen molar-refractivity contribution in [2.24, 2.45) is 14.1 Å². The van der Waals surface area contributed by atoms with Crippen molar-refractivity contribution in [2.75, 3.05) is 0 Å². The van der Waals surface area contributed by atoms with Crippen molar-refractivity contribution in [2.45, 2.75) is 0 Å². The quantitative estimate of drug-likeness (QED) is 0.637. The number of aromatic nitrogens is 3. The first-order valence-electron chi connectivity index (χ1n) is 4.42. The maximum Gasteiger partial charge on any atom is 0.332 e. The number of rotatable bonds is 0. The van der Waals surface area contributed by atoms with Gasteiger partial charge in [0.05, 0.1) is 0 Å². The Morgan fingerprint density at radius 2 is 1.81 bits per heavy atom. The van der Waals surface area contributed by atoms with E-state index < -0.39 is 16.7 Å². The van der Waals surface area contributed by atoms with E-state index in [0.717, 1.165) is 10.6 Å². The maximum atomic E-state index is 11.7. The van der Waals surface area contributed by atoms with Gasteiger partial charge in [0.25, 0.3) is 5.56 Å². The minimum absolute atomic E-state index is 0.0750. The van der Waals surface area contributed by atoms with Gasteiger partial charge in [0.1, 0.15) is 16.2 Å². The molecule has 0 bridgehead atoms. The van der Waals surface area contributed by atoms with Crippen LogP contribution in [0.4, 0.5) is 0 Å². The molecule has 2 aromatic heterocycles. The fourth-order valence-electron chi connectivity index (χ4n) is 1.55. The summed E-state index contributed by atoms with van der Waals surface area (Å²) in [6.07, 6.45) is 0. The van der Waals surface area contributed by atoms with E-state index in [1.165, 1.54) is 18.7 Å². The molecule has 0 radical (unpaired) electrons. The first-order chi connectivity index (χ1) is 7.43. The maximum absolute atomic E-state index is 11.7. The Hall–Kier alpha value is -1.82. The minimum Gasteiger partial charge on any atom is -0.331 e. The van der Waals surface area contributed by atoms with Gasteiger partial charge in [-0.1, -0.05) is 11.6 Å². The summed E-state index contributed by atoms with van der Waals surface area (Å²) in [6.45, 7) is 0. The van der Waals surface area contributed by atoms with Crippen LogP contribution in [0.25, 0.3) is 11.0 Å². The third-order valence-corrected chi connectivity index (χ3v) is 2.61. The van der Waals surface area contributed by atoms with Crippen LogP contribution < -0.4 is 16.7 Å². The minimum atomic E-state index is -0.629. The number of fused-ring (bicyclic) bond motifs is 1. The van der Waals surface area contributed by atoms with Crippen LogP contribution in [0.15, 0.2) is 20.4 Å². The number of nitrogens with zero attached hydrogens (tertiary/aromatic N) is 2. The predicted molar refractivity (Wildman–Crippen MR) is 60.1 cm³/mol. The molecule has 2 heterocycles. The lowest BCUT2D eigenvalue weighted by atomic mass is 10.3. The van der Waals surface area contributed by atoms with E-state index in [4.69, 9.17) is 11.6 Å². The van der Waals surface area contributed by atoms with Crippen molar-refractivity contribution in [3.05, 3.63) is 42.3 Å². The van der Waals surface area contributed by atoms with E-state index in [1.807, 2.05) is 0 Å². The Labute approximate surface area is 93.7 Å². The zero-order valence-corrected chi connectivity index (χ0v) is 9.33. The molecular formula is C9H8ClN3O3. The molecular weight excluding hydrogens is 234 g/mol. The molecule has 0 aromatic carbocycles. The van der Waals surface area contributed by atoms with Crippen LogP contribution >= 0.6 is 11.6 Å². The molecule has 0 spiro atoms. The molecule has 2 rings (SSSR count). The van der Waals surface area contributed by atoms with Crippen molar-refractivity contribution in [3.8, 4) is 0 Å². The molecule has 0 saturated carbocycles. The summed E-state index contributed by atoms with van der Waals surface area (Å²) in [7, 11) is 2.77. The molecule has 16 heavy (non-hydrogen) atoms. The average molecular weight is 242 g/mol. The Kier molecular flexibility index (Phi) is 2.23. The first kappa shape index (κ1) is 10.7. The van der Waals surface area contributed by atoms with Gasteiger partial charge >= 0.3 is 5.69 Å². The van der Waals surface area contributed by atoms with Gasteiger partial charge in [-0.2, -0.15) is 0 Å². The lowest BCUT2D eigenvalue weighted by Crippen LogP contribution is -2.39. The van der Waals surface area contributed by atoms with Gasteiger partial charge in [-0.25, -0.2) is 4.79 Å². The van der Waals surface area contributed by atoms with E-state index in [9.17, 15) is 14.4 Å². The zero-order chi connectivity index (χ0) is 12.0. The van der Waals surface area contributed by atoms with Crippen LogP contribution in [0.2, 0.25) is 5.15 Å². The summed E-state index contributed by atoms with van der Waals surface area (Å²) in [6, 6.07) is 1.11. The zero-order valence-electron chi connectivity index (χ0n) is 8.57. The number of pyridine rings is 1. The van der Waals surface area contributed by atoms with Crippen molar-refractivity contribution in [1.82, 2.24) is 14.1 Å². The van der Waals surface area contributed by atoms with Crippen molar-refractivity contribution in [1.29, 1.82) is 0 Å². The van der Waals surface area contributed by atoms with E-state index in [0.29, 0.717) is 0 Å². The van der Waals surface area contributed by atoms with Crippen LogP contribution in [0, 0.1) is 0 Å². The average Bonchev–Trinajstić information content (AvgIpc) is 2.22. The number of hydrogen-bond donors (Lipinski definition) is 1. The van der Waals surface area contributed by atoms with E-state index in [2.05, 4.69) is 4.98 Å². The van der Waals surface area contributed by atoms with Crippen molar-refractivity contribution < 1.29 is 0 Å². The third-order valence-electron chi connectivity index (χ3n) is 2.41. The summed E-state index contributed by atoms with van der Waals surface area (Å²) in [5, 5.41) is 0.00903. The lowest BCUT2D eigenvalue weighted by molar-refractivity contribution is 0.707. The lowest BCUT2D eigenvalue weighted by Gasteiger charge is -2.06. The van der Waals surface area contributed by atoms with Gasteiger partial charge < -0.3 is 4.98 Å². The van der Waals surface area contributed by atoms with Crippen LogP contribution in [0.5, 0.6) is 0 Å². The third kappa shape index (κ3) is 1.30. The van der Waals surface area contributed by atoms with Gasteiger partial charge in [-0.15, -0.1) is 0 Å². The highest BCUT2D eigenvalue weighted by Crippen LogP contribution is 2.05. The van der Waals surface area contributed by atoms with Gasteiger partial charge in [0.15, 0.2) is 5.43 Å². The van der Waals surface area contributed by atoms with Crippen LogP contribution in [-0.2, 0) is 14.1 Å². The largest absolute Gasteiger partial charge is 0.332 e. The van der Waals surface area contributed by atoms with Gasteiger partial charge in [0.2, 0.25) is 0 Å². The smallest absolute Gasteiger partial charge is 0.331 e. The molecule has 6 nitrogen and oxygen atoms in total. The molecule has 1 N–H and O–H groups in total. The summed E-state index contributed by atoms with van der Waals surface area (Å²) in [5.41, 5.74) is -1.52. The number of aryl methyl sites for hydroxylation is 1. The molecule has 2 aromatic rings.